The van der Waals surface area contributed by atoms with Crippen LogP contribution in [0.15, 0.2) is 18.2 Å². The Morgan fingerprint density at radius 3 is 2.69 bits per heavy atom. The number of amides is 1. The Kier molecular flexibility index (Phi) is 5.20. The van der Waals surface area contributed by atoms with Gasteiger partial charge in [0.2, 0.25) is 0 Å². The third-order valence-corrected chi connectivity index (χ3v) is 4.77. The summed E-state index contributed by atoms with van der Waals surface area (Å²) >= 11 is 0. The fourth-order valence-electron chi connectivity index (χ4n) is 3.27. The minimum Gasteiger partial charge on any atom is -0.497 e. The third-order valence-electron chi connectivity index (χ3n) is 4.77. The molecular weight excluding hydrogens is 332 g/mol. The molecule has 1 atom stereocenters. The SMILES string of the molecule is CCCNC(=O)C(C)OC(=O)c1c(C)n(C2CC2)c2ccc(OC)cc12. The number of hydrogen-bond donors (Lipinski definition) is 1. The number of rotatable bonds is 7. The summed E-state index contributed by atoms with van der Waals surface area (Å²) in [4.78, 5) is 24.9. The van der Waals surface area contributed by atoms with Crippen LogP contribution in [0.2, 0.25) is 0 Å². The highest BCUT2D eigenvalue weighted by molar-refractivity contribution is 6.07. The molecule has 1 fully saturated rings. The number of nitrogens with one attached hydrogen (secondary N) is 1. The van der Waals surface area contributed by atoms with Crippen molar-refractivity contribution in [2.45, 2.75) is 52.2 Å². The van der Waals surface area contributed by atoms with Gasteiger partial charge in [0.1, 0.15) is 5.75 Å². The number of carbonyl (C=O) groups is 2. The van der Waals surface area contributed by atoms with Crippen LogP contribution in [0, 0.1) is 6.92 Å². The van der Waals surface area contributed by atoms with E-state index in [-0.39, 0.29) is 5.91 Å². The number of nitrogens with zero attached hydrogens (tertiary/aromatic N) is 1. The fraction of sp³-hybridized carbons (Fsp3) is 0.500. The Morgan fingerprint density at radius 1 is 1.35 bits per heavy atom. The van der Waals surface area contributed by atoms with E-state index in [4.69, 9.17) is 9.47 Å². The van der Waals surface area contributed by atoms with Crippen LogP contribution in [0.3, 0.4) is 0 Å². The molecule has 1 aromatic carbocycles. The van der Waals surface area contributed by atoms with Crippen molar-refractivity contribution >= 4 is 22.8 Å². The molecule has 3 rings (SSSR count). The van der Waals surface area contributed by atoms with Gasteiger partial charge in [0.25, 0.3) is 5.91 Å². The number of carbonyl (C=O) groups excluding carboxylic acids is 2. The maximum atomic E-state index is 12.9. The van der Waals surface area contributed by atoms with Gasteiger partial charge in [0, 0.05) is 29.2 Å². The first-order valence-corrected chi connectivity index (χ1v) is 9.15. The van der Waals surface area contributed by atoms with Crippen LogP contribution < -0.4 is 10.1 Å². The lowest BCUT2D eigenvalue weighted by molar-refractivity contribution is -0.129. The van der Waals surface area contributed by atoms with Crippen LogP contribution >= 0.6 is 0 Å². The van der Waals surface area contributed by atoms with Crippen molar-refractivity contribution in [3.05, 3.63) is 29.5 Å². The molecule has 1 heterocycles. The van der Waals surface area contributed by atoms with E-state index in [9.17, 15) is 9.59 Å². The summed E-state index contributed by atoms with van der Waals surface area (Å²) in [6, 6.07) is 6.17. The number of esters is 1. The Bertz CT molecular complexity index is 836. The molecule has 6 nitrogen and oxygen atoms in total. The molecule has 0 aliphatic heterocycles. The second kappa shape index (κ2) is 7.40. The lowest BCUT2D eigenvalue weighted by atomic mass is 10.1. The lowest BCUT2D eigenvalue weighted by Crippen LogP contribution is -2.36. The molecule has 1 N–H and O–H groups in total. The Morgan fingerprint density at radius 2 is 2.08 bits per heavy atom. The second-order valence-electron chi connectivity index (χ2n) is 6.78. The van der Waals surface area contributed by atoms with Crippen LogP contribution in [0.1, 0.15) is 55.2 Å². The van der Waals surface area contributed by atoms with Crippen LogP contribution in [0.25, 0.3) is 10.9 Å². The molecule has 6 heteroatoms. The predicted molar refractivity (Wildman–Crippen MR) is 99.7 cm³/mol. The molecule has 26 heavy (non-hydrogen) atoms. The van der Waals surface area contributed by atoms with E-state index >= 15 is 0 Å². The number of hydrogen-bond acceptors (Lipinski definition) is 4. The molecule has 0 spiro atoms. The first kappa shape index (κ1) is 18.3. The van der Waals surface area contributed by atoms with Crippen molar-refractivity contribution in [2.75, 3.05) is 13.7 Å². The molecule has 2 aromatic rings. The average molecular weight is 358 g/mol. The maximum absolute atomic E-state index is 12.9. The lowest BCUT2D eigenvalue weighted by Gasteiger charge is -2.13. The van der Waals surface area contributed by atoms with Gasteiger partial charge in [-0.15, -0.1) is 0 Å². The van der Waals surface area contributed by atoms with Crippen LogP contribution in [-0.4, -0.2) is 36.2 Å². The topological polar surface area (TPSA) is 69.6 Å². The van der Waals surface area contributed by atoms with Crippen LogP contribution in [-0.2, 0) is 9.53 Å². The highest BCUT2D eigenvalue weighted by atomic mass is 16.5. The van der Waals surface area contributed by atoms with Gasteiger partial charge in [-0.3, -0.25) is 4.79 Å². The summed E-state index contributed by atoms with van der Waals surface area (Å²) in [5.74, 6) is -0.0612. The molecule has 140 valence electrons. The van der Waals surface area contributed by atoms with Crippen LogP contribution in [0.5, 0.6) is 5.75 Å². The molecule has 1 saturated carbocycles. The van der Waals surface area contributed by atoms with E-state index in [0.717, 1.165) is 35.9 Å². The summed E-state index contributed by atoms with van der Waals surface area (Å²) in [7, 11) is 1.60. The van der Waals surface area contributed by atoms with Crippen molar-refractivity contribution in [1.82, 2.24) is 9.88 Å². The Hall–Kier alpha value is -2.50. The standard InChI is InChI=1S/C20H26N2O4/c1-5-10-21-19(23)13(3)26-20(24)18-12(2)22(14-6-7-14)17-9-8-15(25-4)11-16(17)18/h8-9,11,13-14H,5-7,10H2,1-4H3,(H,21,23). The summed E-state index contributed by atoms with van der Waals surface area (Å²) in [6.45, 7) is 6.07. The van der Waals surface area contributed by atoms with E-state index in [2.05, 4.69) is 9.88 Å². The van der Waals surface area contributed by atoms with E-state index in [0.29, 0.717) is 23.9 Å². The molecule has 1 aromatic heterocycles. The summed E-state index contributed by atoms with van der Waals surface area (Å²) in [5, 5.41) is 3.56. The van der Waals surface area contributed by atoms with Gasteiger partial charge in [-0.1, -0.05) is 6.92 Å². The first-order chi connectivity index (χ1) is 12.5. The number of methoxy groups -OCH3 is 1. The molecule has 1 aliphatic carbocycles. The van der Waals surface area contributed by atoms with Crippen molar-refractivity contribution in [3.8, 4) is 5.75 Å². The highest BCUT2D eigenvalue weighted by Gasteiger charge is 2.31. The molecule has 0 radical (unpaired) electrons. The van der Waals surface area contributed by atoms with E-state index in [1.54, 1.807) is 14.0 Å². The van der Waals surface area contributed by atoms with E-state index < -0.39 is 12.1 Å². The minimum absolute atomic E-state index is 0.277. The molecule has 0 saturated heterocycles. The molecule has 1 unspecified atom stereocenters. The van der Waals surface area contributed by atoms with Gasteiger partial charge < -0.3 is 19.4 Å². The van der Waals surface area contributed by atoms with Crippen molar-refractivity contribution in [1.29, 1.82) is 0 Å². The number of benzene rings is 1. The van der Waals surface area contributed by atoms with Gasteiger partial charge >= 0.3 is 5.97 Å². The van der Waals surface area contributed by atoms with Gasteiger partial charge in [0.05, 0.1) is 12.7 Å². The Labute approximate surface area is 153 Å². The number of fused-ring (bicyclic) bond motifs is 1. The molecule has 0 bridgehead atoms. The van der Waals surface area contributed by atoms with Crippen molar-refractivity contribution < 1.29 is 19.1 Å². The minimum atomic E-state index is -0.835. The molecule has 1 amide bonds. The van der Waals surface area contributed by atoms with Gasteiger partial charge in [-0.25, -0.2) is 4.79 Å². The van der Waals surface area contributed by atoms with E-state index in [1.165, 1.54) is 0 Å². The highest BCUT2D eigenvalue weighted by Crippen LogP contribution is 2.42. The number of ether oxygens (including phenoxy) is 2. The van der Waals surface area contributed by atoms with Crippen molar-refractivity contribution in [2.24, 2.45) is 0 Å². The predicted octanol–water partition coefficient (Wildman–Crippen LogP) is 3.36. The zero-order chi connectivity index (χ0) is 18.8. The average Bonchev–Trinajstić information content (AvgIpc) is 3.41. The third kappa shape index (κ3) is 3.41. The van der Waals surface area contributed by atoms with Crippen molar-refractivity contribution in [3.63, 3.8) is 0 Å². The largest absolute Gasteiger partial charge is 0.497 e. The smallest absolute Gasteiger partial charge is 0.341 e. The van der Waals surface area contributed by atoms with Gasteiger partial charge in [-0.2, -0.15) is 0 Å². The van der Waals surface area contributed by atoms with E-state index in [1.807, 2.05) is 32.0 Å². The Balaban J connectivity index is 1.94. The van der Waals surface area contributed by atoms with Gasteiger partial charge in [-0.05, 0) is 51.3 Å². The maximum Gasteiger partial charge on any atom is 0.341 e. The second-order valence-corrected chi connectivity index (χ2v) is 6.78. The molecular formula is C20H26N2O4. The normalized spacial score (nSPS) is 14.9. The molecule has 1 aliphatic rings. The first-order valence-electron chi connectivity index (χ1n) is 9.15. The quantitative estimate of drug-likeness (QED) is 0.771. The summed E-state index contributed by atoms with van der Waals surface area (Å²) < 4.78 is 13.0. The summed E-state index contributed by atoms with van der Waals surface area (Å²) in [5.41, 5.74) is 2.39. The number of aromatic nitrogens is 1. The zero-order valence-corrected chi connectivity index (χ0v) is 15.8. The monoisotopic (exact) mass is 358 g/mol. The fourth-order valence-corrected chi connectivity index (χ4v) is 3.27. The summed E-state index contributed by atoms with van der Waals surface area (Å²) in [6.07, 6.45) is 2.22. The van der Waals surface area contributed by atoms with Crippen LogP contribution in [0.4, 0.5) is 0 Å². The zero-order valence-electron chi connectivity index (χ0n) is 15.8. The van der Waals surface area contributed by atoms with Gasteiger partial charge in [0.15, 0.2) is 6.10 Å².